The second-order valence-electron chi connectivity index (χ2n) is 5.91. The monoisotopic (exact) mass is 310 g/mol. The van der Waals surface area contributed by atoms with E-state index in [9.17, 15) is 4.79 Å². The van der Waals surface area contributed by atoms with E-state index in [4.69, 9.17) is 0 Å². The maximum absolute atomic E-state index is 12.3. The number of rotatable bonds is 4. The van der Waals surface area contributed by atoms with Crippen LogP contribution in [0.15, 0.2) is 42.7 Å². The fourth-order valence-electron chi connectivity index (χ4n) is 2.82. The second kappa shape index (κ2) is 7.22. The van der Waals surface area contributed by atoms with Gasteiger partial charge in [0.15, 0.2) is 0 Å². The van der Waals surface area contributed by atoms with Crippen molar-refractivity contribution in [3.8, 4) is 0 Å². The van der Waals surface area contributed by atoms with Crippen LogP contribution in [-0.2, 0) is 0 Å². The lowest BCUT2D eigenvalue weighted by Gasteiger charge is -2.27. The number of nitrogens with zero attached hydrogens (tertiary/aromatic N) is 3. The smallest absolute Gasteiger partial charge is 0.271 e. The Hall–Kier alpha value is -2.43. The minimum atomic E-state index is -0.195. The van der Waals surface area contributed by atoms with Gasteiger partial charge >= 0.3 is 0 Å². The van der Waals surface area contributed by atoms with E-state index in [-0.39, 0.29) is 11.9 Å². The highest BCUT2D eigenvalue weighted by atomic mass is 16.1. The SMILES string of the molecule is CC(NC(=O)c1cnc(N2CCCCC2)cn1)c1ccccc1. The summed E-state index contributed by atoms with van der Waals surface area (Å²) >= 11 is 0. The second-order valence-corrected chi connectivity index (χ2v) is 5.91. The Kier molecular flexibility index (Phi) is 4.86. The summed E-state index contributed by atoms with van der Waals surface area (Å²) in [5.74, 6) is 0.663. The van der Waals surface area contributed by atoms with Gasteiger partial charge in [0.05, 0.1) is 18.4 Å². The first kappa shape index (κ1) is 15.5. The summed E-state index contributed by atoms with van der Waals surface area (Å²) in [4.78, 5) is 23.2. The third kappa shape index (κ3) is 3.86. The molecule has 120 valence electrons. The molecule has 5 nitrogen and oxygen atoms in total. The molecule has 1 aliphatic rings. The Morgan fingerprint density at radius 2 is 1.83 bits per heavy atom. The molecule has 1 amide bonds. The normalized spacial score (nSPS) is 16.0. The quantitative estimate of drug-likeness (QED) is 0.943. The maximum Gasteiger partial charge on any atom is 0.271 e. The number of hydrogen-bond donors (Lipinski definition) is 1. The van der Waals surface area contributed by atoms with Gasteiger partial charge in [-0.25, -0.2) is 9.97 Å². The zero-order valence-corrected chi connectivity index (χ0v) is 13.4. The standard InChI is InChI=1S/C18H22N4O/c1-14(15-8-4-2-5-9-15)21-18(23)16-12-20-17(13-19-16)22-10-6-3-7-11-22/h2,4-5,8-9,12-14H,3,6-7,10-11H2,1H3,(H,21,23). The van der Waals surface area contributed by atoms with Crippen molar-refractivity contribution < 1.29 is 4.79 Å². The van der Waals surface area contributed by atoms with Crippen LogP contribution in [0.25, 0.3) is 0 Å². The third-order valence-corrected chi connectivity index (χ3v) is 4.20. The highest BCUT2D eigenvalue weighted by Gasteiger charge is 2.15. The number of anilines is 1. The lowest BCUT2D eigenvalue weighted by Crippen LogP contribution is -2.31. The molecule has 5 heteroatoms. The summed E-state index contributed by atoms with van der Waals surface area (Å²) in [5.41, 5.74) is 1.42. The van der Waals surface area contributed by atoms with Crippen molar-refractivity contribution in [3.05, 3.63) is 54.0 Å². The molecule has 1 aliphatic heterocycles. The molecule has 1 aromatic heterocycles. The maximum atomic E-state index is 12.3. The average molecular weight is 310 g/mol. The van der Waals surface area contributed by atoms with E-state index in [1.807, 2.05) is 37.3 Å². The first-order chi connectivity index (χ1) is 11.2. The molecule has 1 saturated heterocycles. The highest BCUT2D eigenvalue weighted by molar-refractivity contribution is 5.92. The number of hydrogen-bond acceptors (Lipinski definition) is 4. The van der Waals surface area contributed by atoms with Crippen LogP contribution in [0.5, 0.6) is 0 Å². The number of benzene rings is 1. The minimum Gasteiger partial charge on any atom is -0.355 e. The molecular weight excluding hydrogens is 288 g/mol. The van der Waals surface area contributed by atoms with Gasteiger partial charge in [0, 0.05) is 13.1 Å². The molecule has 1 unspecified atom stereocenters. The Morgan fingerprint density at radius 1 is 1.09 bits per heavy atom. The summed E-state index contributed by atoms with van der Waals surface area (Å²) in [5, 5.41) is 2.96. The molecule has 1 N–H and O–H groups in total. The molecule has 0 spiro atoms. The average Bonchev–Trinajstić information content (AvgIpc) is 2.63. The van der Waals surface area contributed by atoms with Crippen LogP contribution in [0.2, 0.25) is 0 Å². The fourth-order valence-corrected chi connectivity index (χ4v) is 2.82. The number of carbonyl (C=O) groups excluding carboxylic acids is 1. The van der Waals surface area contributed by atoms with Crippen LogP contribution in [0.1, 0.15) is 48.3 Å². The van der Waals surface area contributed by atoms with Gasteiger partial charge in [0.2, 0.25) is 0 Å². The highest BCUT2D eigenvalue weighted by Crippen LogP contribution is 2.17. The molecule has 1 atom stereocenters. The fraction of sp³-hybridized carbons (Fsp3) is 0.389. The van der Waals surface area contributed by atoms with Gasteiger partial charge in [-0.1, -0.05) is 30.3 Å². The molecule has 23 heavy (non-hydrogen) atoms. The van der Waals surface area contributed by atoms with Gasteiger partial charge in [-0.05, 0) is 31.7 Å². The predicted octanol–water partition coefficient (Wildman–Crippen LogP) is 2.96. The Balaban J connectivity index is 1.63. The van der Waals surface area contributed by atoms with Gasteiger partial charge < -0.3 is 10.2 Å². The van der Waals surface area contributed by atoms with Crippen molar-refractivity contribution >= 4 is 11.7 Å². The molecule has 0 bridgehead atoms. The number of piperidine rings is 1. The molecule has 2 aromatic rings. The number of carbonyl (C=O) groups is 1. The van der Waals surface area contributed by atoms with Gasteiger partial charge in [0.1, 0.15) is 11.5 Å². The van der Waals surface area contributed by atoms with Gasteiger partial charge in [-0.2, -0.15) is 0 Å². The number of amides is 1. The molecule has 0 radical (unpaired) electrons. The van der Waals surface area contributed by atoms with E-state index in [0.717, 1.165) is 24.5 Å². The Morgan fingerprint density at radius 3 is 2.48 bits per heavy atom. The Bertz CT molecular complexity index is 636. The van der Waals surface area contributed by atoms with E-state index in [2.05, 4.69) is 20.2 Å². The molecular formula is C18H22N4O. The topological polar surface area (TPSA) is 58.1 Å². The van der Waals surface area contributed by atoms with Crippen molar-refractivity contribution in [1.82, 2.24) is 15.3 Å². The first-order valence-corrected chi connectivity index (χ1v) is 8.17. The van der Waals surface area contributed by atoms with Gasteiger partial charge in [0.25, 0.3) is 5.91 Å². The van der Waals surface area contributed by atoms with Crippen molar-refractivity contribution in [3.63, 3.8) is 0 Å². The van der Waals surface area contributed by atoms with Crippen LogP contribution in [0.3, 0.4) is 0 Å². The lowest BCUT2D eigenvalue weighted by atomic mass is 10.1. The van der Waals surface area contributed by atoms with E-state index in [1.54, 1.807) is 12.4 Å². The zero-order chi connectivity index (χ0) is 16.1. The molecule has 1 aromatic carbocycles. The van der Waals surface area contributed by atoms with Gasteiger partial charge in [-0.3, -0.25) is 4.79 Å². The van der Waals surface area contributed by atoms with E-state index in [1.165, 1.54) is 19.3 Å². The van der Waals surface area contributed by atoms with Crippen molar-refractivity contribution in [2.45, 2.75) is 32.2 Å². The van der Waals surface area contributed by atoms with E-state index < -0.39 is 0 Å². The minimum absolute atomic E-state index is 0.0627. The van der Waals surface area contributed by atoms with E-state index in [0.29, 0.717) is 5.69 Å². The molecule has 0 aliphatic carbocycles. The van der Waals surface area contributed by atoms with Crippen LogP contribution in [-0.4, -0.2) is 29.0 Å². The summed E-state index contributed by atoms with van der Waals surface area (Å²) in [6, 6.07) is 9.82. The van der Waals surface area contributed by atoms with Crippen molar-refractivity contribution in [2.75, 3.05) is 18.0 Å². The first-order valence-electron chi connectivity index (χ1n) is 8.17. The molecule has 3 rings (SSSR count). The largest absolute Gasteiger partial charge is 0.355 e. The van der Waals surface area contributed by atoms with Crippen LogP contribution < -0.4 is 10.2 Å². The number of nitrogens with one attached hydrogen (secondary N) is 1. The zero-order valence-electron chi connectivity index (χ0n) is 13.4. The van der Waals surface area contributed by atoms with Crippen LogP contribution in [0, 0.1) is 0 Å². The van der Waals surface area contributed by atoms with Crippen molar-refractivity contribution in [1.29, 1.82) is 0 Å². The number of aromatic nitrogens is 2. The lowest BCUT2D eigenvalue weighted by molar-refractivity contribution is 0.0934. The predicted molar refractivity (Wildman–Crippen MR) is 90.4 cm³/mol. The third-order valence-electron chi connectivity index (χ3n) is 4.20. The summed E-state index contributed by atoms with van der Waals surface area (Å²) in [6.45, 7) is 4.00. The summed E-state index contributed by atoms with van der Waals surface area (Å²) in [7, 11) is 0. The molecule has 2 heterocycles. The van der Waals surface area contributed by atoms with E-state index >= 15 is 0 Å². The van der Waals surface area contributed by atoms with Gasteiger partial charge in [-0.15, -0.1) is 0 Å². The molecule has 0 saturated carbocycles. The van der Waals surface area contributed by atoms with Crippen molar-refractivity contribution in [2.24, 2.45) is 0 Å². The Labute approximate surface area is 136 Å². The molecule has 1 fully saturated rings. The summed E-state index contributed by atoms with van der Waals surface area (Å²) < 4.78 is 0. The van der Waals surface area contributed by atoms with Crippen LogP contribution in [0.4, 0.5) is 5.82 Å². The summed E-state index contributed by atoms with van der Waals surface area (Å²) in [6.07, 6.45) is 6.93. The van der Waals surface area contributed by atoms with Crippen LogP contribution >= 0.6 is 0 Å².